The molecule has 1 amide bonds. The zero-order chi connectivity index (χ0) is 21.4. The molecule has 1 saturated heterocycles. The van der Waals surface area contributed by atoms with Crippen LogP contribution >= 0.6 is 0 Å². The van der Waals surface area contributed by atoms with Crippen molar-refractivity contribution in [3.8, 4) is 0 Å². The van der Waals surface area contributed by atoms with E-state index >= 15 is 0 Å². The highest BCUT2D eigenvalue weighted by atomic mass is 127. The van der Waals surface area contributed by atoms with Gasteiger partial charge in [-0.05, 0) is 62.5 Å². The number of quaternary nitrogens is 1. The fraction of sp³-hybridized carbons (Fsp3) is 0.667. The van der Waals surface area contributed by atoms with E-state index in [1.165, 1.54) is 37.9 Å². The van der Waals surface area contributed by atoms with Crippen molar-refractivity contribution in [3.63, 3.8) is 0 Å². The number of hydrogen-bond donors (Lipinski definition) is 2. The van der Waals surface area contributed by atoms with E-state index in [4.69, 9.17) is 0 Å². The third-order valence-electron chi connectivity index (χ3n) is 6.22. The van der Waals surface area contributed by atoms with Crippen LogP contribution in [0.4, 0.5) is 0 Å². The molecular weight excluding hydrogens is 491 g/mol. The van der Waals surface area contributed by atoms with Crippen LogP contribution in [0, 0.1) is 5.92 Å². The molecule has 0 radical (unpaired) electrons. The first-order chi connectivity index (χ1) is 13.7. The molecule has 1 aliphatic heterocycles. The first-order valence-corrected chi connectivity index (χ1v) is 11.2. The van der Waals surface area contributed by atoms with Gasteiger partial charge in [0.2, 0.25) is 5.91 Å². The number of carbonyl (C=O) groups is 2. The number of hydrogen-bond acceptors (Lipinski definition) is 2. The van der Waals surface area contributed by atoms with Gasteiger partial charge in [0.15, 0.2) is 0 Å². The van der Waals surface area contributed by atoms with Crippen LogP contribution in [-0.2, 0) is 16.0 Å². The Morgan fingerprint density at radius 3 is 2.20 bits per heavy atom. The lowest BCUT2D eigenvalue weighted by Gasteiger charge is -2.38. The maximum Gasteiger partial charge on any atom is 0.326 e. The number of aliphatic carboxylic acids is 1. The van der Waals surface area contributed by atoms with Crippen LogP contribution < -0.4 is 29.3 Å². The van der Waals surface area contributed by atoms with Crippen LogP contribution in [0.5, 0.6) is 0 Å². The number of rotatable bonds is 10. The summed E-state index contributed by atoms with van der Waals surface area (Å²) in [5.41, 5.74) is 2.18. The van der Waals surface area contributed by atoms with Crippen molar-refractivity contribution in [1.29, 1.82) is 0 Å². The fourth-order valence-corrected chi connectivity index (χ4v) is 4.30. The minimum atomic E-state index is -0.945. The van der Waals surface area contributed by atoms with Crippen molar-refractivity contribution >= 4 is 11.9 Å². The number of carboxylic acids is 1. The number of amides is 1. The van der Waals surface area contributed by atoms with Gasteiger partial charge in [0.1, 0.15) is 6.04 Å². The van der Waals surface area contributed by atoms with Crippen molar-refractivity contribution in [3.05, 3.63) is 35.4 Å². The molecule has 2 atom stereocenters. The Labute approximate surface area is 199 Å². The molecule has 6 heteroatoms. The quantitative estimate of drug-likeness (QED) is 0.350. The first-order valence-electron chi connectivity index (χ1n) is 11.2. The second-order valence-electron chi connectivity index (χ2n) is 9.45. The largest absolute Gasteiger partial charge is 1.00 e. The lowest BCUT2D eigenvalue weighted by Crippen LogP contribution is -3.00. The number of piperidine rings is 1. The number of carboxylic acid groups (broad SMARTS) is 1. The normalized spacial score (nSPS) is 17.6. The summed E-state index contributed by atoms with van der Waals surface area (Å²) in [7, 11) is 2.26. The van der Waals surface area contributed by atoms with Crippen molar-refractivity contribution < 1.29 is 43.2 Å². The molecule has 0 aliphatic carbocycles. The molecule has 1 heterocycles. The number of carbonyl (C=O) groups excluding carboxylic acids is 1. The molecule has 5 nitrogen and oxygen atoms in total. The summed E-state index contributed by atoms with van der Waals surface area (Å²) in [6.07, 6.45) is 6.12. The summed E-state index contributed by atoms with van der Waals surface area (Å²) in [5, 5.41) is 12.3. The average molecular weight is 530 g/mol. The topological polar surface area (TPSA) is 66.4 Å². The third kappa shape index (κ3) is 8.53. The Bertz CT molecular complexity index is 670. The van der Waals surface area contributed by atoms with Crippen molar-refractivity contribution in [2.24, 2.45) is 5.92 Å². The van der Waals surface area contributed by atoms with Crippen LogP contribution in [0.3, 0.4) is 0 Å². The number of benzene rings is 1. The van der Waals surface area contributed by atoms with Gasteiger partial charge in [0.25, 0.3) is 0 Å². The SMILES string of the molecule is CC(C)Cc1ccc([C@@H](C)C(=O)N[C@@H](CCC[N+]2(C)CCCCC2)C(=O)O)cc1.[I-]. The molecule has 0 aromatic heterocycles. The summed E-state index contributed by atoms with van der Waals surface area (Å²) in [5.74, 6) is -0.935. The van der Waals surface area contributed by atoms with Gasteiger partial charge in [-0.15, -0.1) is 0 Å². The fourth-order valence-electron chi connectivity index (χ4n) is 4.30. The summed E-state index contributed by atoms with van der Waals surface area (Å²) in [4.78, 5) is 24.4. The molecule has 2 rings (SSSR count). The van der Waals surface area contributed by atoms with Crippen LogP contribution in [-0.4, -0.2) is 54.2 Å². The van der Waals surface area contributed by atoms with Gasteiger partial charge in [0.05, 0.1) is 32.6 Å². The molecule has 1 fully saturated rings. The minimum absolute atomic E-state index is 0. The maximum atomic E-state index is 12.7. The van der Waals surface area contributed by atoms with Gasteiger partial charge < -0.3 is 38.9 Å². The lowest BCUT2D eigenvalue weighted by molar-refractivity contribution is -0.914. The van der Waals surface area contributed by atoms with Crippen molar-refractivity contribution in [1.82, 2.24) is 5.32 Å². The second kappa shape index (κ2) is 12.6. The zero-order valence-corrected chi connectivity index (χ0v) is 21.2. The minimum Gasteiger partial charge on any atom is -1.00 e. The van der Waals surface area contributed by atoms with Crippen LogP contribution in [0.25, 0.3) is 0 Å². The molecule has 30 heavy (non-hydrogen) atoms. The lowest BCUT2D eigenvalue weighted by atomic mass is 9.96. The standard InChI is InChI=1S/C24H38N2O3.HI/c1-18(2)17-20-10-12-21(13-11-20)19(3)23(27)25-22(24(28)29)9-8-16-26(4)14-6-5-7-15-26;/h10-13,18-19,22H,5-9,14-17H2,1-4H3,(H-,25,27,28,29);1H/t19-,22+;/m1./s1. The molecule has 170 valence electrons. The molecule has 0 unspecified atom stereocenters. The summed E-state index contributed by atoms with van der Waals surface area (Å²) >= 11 is 0. The first kappa shape index (κ1) is 26.9. The molecule has 1 aromatic rings. The Balaban J connectivity index is 0.00000450. The van der Waals surface area contributed by atoms with Gasteiger partial charge in [-0.25, -0.2) is 4.79 Å². The van der Waals surface area contributed by atoms with E-state index in [-0.39, 0.29) is 35.8 Å². The average Bonchev–Trinajstić information content (AvgIpc) is 2.67. The highest BCUT2D eigenvalue weighted by Crippen LogP contribution is 2.20. The Hall–Kier alpha value is -1.15. The summed E-state index contributed by atoms with van der Waals surface area (Å²) in [6, 6.07) is 7.28. The van der Waals surface area contributed by atoms with Gasteiger partial charge >= 0.3 is 5.97 Å². The number of nitrogens with zero attached hydrogens (tertiary/aromatic N) is 1. The maximum absolute atomic E-state index is 12.7. The second-order valence-corrected chi connectivity index (χ2v) is 9.45. The van der Waals surface area contributed by atoms with Gasteiger partial charge in [0, 0.05) is 0 Å². The third-order valence-corrected chi connectivity index (χ3v) is 6.22. The summed E-state index contributed by atoms with van der Waals surface area (Å²) < 4.78 is 1.03. The molecule has 1 aromatic carbocycles. The van der Waals surface area contributed by atoms with Crippen LogP contribution in [0.2, 0.25) is 0 Å². The van der Waals surface area contributed by atoms with Crippen LogP contribution in [0.15, 0.2) is 24.3 Å². The van der Waals surface area contributed by atoms with E-state index in [9.17, 15) is 14.7 Å². The van der Waals surface area contributed by atoms with E-state index in [1.807, 2.05) is 19.1 Å². The predicted octanol–water partition coefficient (Wildman–Crippen LogP) is 0.973. The molecule has 1 aliphatic rings. The number of halogens is 1. The zero-order valence-electron chi connectivity index (χ0n) is 19.0. The molecule has 0 bridgehead atoms. The van der Waals surface area contributed by atoms with E-state index < -0.39 is 12.0 Å². The van der Waals surface area contributed by atoms with E-state index in [0.29, 0.717) is 12.3 Å². The van der Waals surface area contributed by atoms with Crippen molar-refractivity contribution in [2.45, 2.75) is 71.3 Å². The Morgan fingerprint density at radius 2 is 1.67 bits per heavy atom. The molecule has 0 spiro atoms. The van der Waals surface area contributed by atoms with Gasteiger partial charge in [-0.1, -0.05) is 38.1 Å². The monoisotopic (exact) mass is 530 g/mol. The van der Waals surface area contributed by atoms with Crippen LogP contribution in [0.1, 0.15) is 69.9 Å². The summed E-state index contributed by atoms with van der Waals surface area (Å²) in [6.45, 7) is 9.53. The van der Waals surface area contributed by atoms with E-state index in [2.05, 4.69) is 38.3 Å². The molecule has 0 saturated carbocycles. The molecule has 2 N–H and O–H groups in total. The number of nitrogens with one attached hydrogen (secondary N) is 1. The van der Waals surface area contributed by atoms with Crippen molar-refractivity contribution in [2.75, 3.05) is 26.7 Å². The van der Waals surface area contributed by atoms with Gasteiger partial charge in [-0.2, -0.15) is 0 Å². The smallest absolute Gasteiger partial charge is 0.326 e. The predicted molar refractivity (Wildman–Crippen MR) is 117 cm³/mol. The van der Waals surface area contributed by atoms with E-state index in [1.54, 1.807) is 0 Å². The highest BCUT2D eigenvalue weighted by Gasteiger charge is 2.27. The van der Waals surface area contributed by atoms with E-state index in [0.717, 1.165) is 29.4 Å². The Morgan fingerprint density at radius 1 is 1.07 bits per heavy atom. The number of likely N-dealkylation sites (tertiary alicyclic amines) is 1. The highest BCUT2D eigenvalue weighted by molar-refractivity contribution is 5.87. The Kier molecular flexibility index (Phi) is 11.3. The molecular formula is C24H39IN2O3. The van der Waals surface area contributed by atoms with Gasteiger partial charge in [-0.3, -0.25) is 4.79 Å².